The molecule has 5 rings (SSSR count). The number of hydrogen-bond donors (Lipinski definition) is 2. The first-order valence-electron chi connectivity index (χ1n) is 16.9. The average molecular weight is 685 g/mol. The van der Waals surface area contributed by atoms with Gasteiger partial charge in [0.05, 0.1) is 18.3 Å². The maximum Gasteiger partial charge on any atom is 0.410 e. The van der Waals surface area contributed by atoms with Crippen molar-refractivity contribution in [2.45, 2.75) is 70.9 Å². The van der Waals surface area contributed by atoms with Crippen molar-refractivity contribution >= 4 is 12.1 Å². The van der Waals surface area contributed by atoms with Gasteiger partial charge in [-0.05, 0) is 70.2 Å². The predicted molar refractivity (Wildman–Crippen MR) is 179 cm³/mol. The highest BCUT2D eigenvalue weighted by Gasteiger charge is 2.43. The molecule has 13 heteroatoms. The van der Waals surface area contributed by atoms with E-state index in [1.807, 2.05) is 34.9 Å². The number of rotatable bonds is 10. The van der Waals surface area contributed by atoms with Crippen molar-refractivity contribution in [3.8, 4) is 11.3 Å². The molecular weight excluding hydrogens is 637 g/mol. The van der Waals surface area contributed by atoms with E-state index in [2.05, 4.69) is 5.32 Å². The Kier molecular flexibility index (Phi) is 11.5. The van der Waals surface area contributed by atoms with E-state index in [1.165, 1.54) is 4.90 Å². The number of alkyl halides is 1. The van der Waals surface area contributed by atoms with Crippen LogP contribution in [0.1, 0.15) is 58.0 Å². The summed E-state index contributed by atoms with van der Waals surface area (Å²) in [5.74, 6) is -1.71. The number of urea groups is 1. The molecule has 49 heavy (non-hydrogen) atoms. The molecule has 2 aliphatic rings. The summed E-state index contributed by atoms with van der Waals surface area (Å²) in [4.78, 5) is 35.0. The number of aromatic nitrogens is 2. The number of amides is 3. The molecule has 0 bridgehead atoms. The van der Waals surface area contributed by atoms with Gasteiger partial charge in [-0.15, -0.1) is 0 Å². The number of halogens is 3. The summed E-state index contributed by atoms with van der Waals surface area (Å²) in [6.45, 7) is 8.25. The van der Waals surface area contributed by atoms with E-state index >= 15 is 8.78 Å². The lowest BCUT2D eigenvalue weighted by Crippen LogP contribution is -2.52. The standard InChI is InChI=1S/C36H47F3N6O4/c1-23(17-40)41-34(46)45(20-26-19-44(21-30(26)39)35(47)49-36(2,3)4)32(25-12-14-48-15-13-25)33-42-31(28-16-27(37)10-11-29(28)38)22-43(33)18-24-8-6-5-7-9-24/h5-11,16,22-23,25-26,30,32H,12-15,17-21,40H2,1-4H3,(H,41,46)/t23-,26-,30-,32+/m0/s1. The number of benzene rings is 2. The van der Waals surface area contributed by atoms with Crippen LogP contribution in [0.5, 0.6) is 0 Å². The molecule has 0 saturated carbocycles. The third-order valence-corrected chi connectivity index (χ3v) is 8.95. The number of carbonyl (C=O) groups is 2. The van der Waals surface area contributed by atoms with Crippen LogP contribution in [-0.2, 0) is 16.0 Å². The Labute approximate surface area is 285 Å². The van der Waals surface area contributed by atoms with Crippen LogP contribution in [0.25, 0.3) is 11.3 Å². The molecule has 0 spiro atoms. The van der Waals surface area contributed by atoms with Gasteiger partial charge in [0.2, 0.25) is 0 Å². The summed E-state index contributed by atoms with van der Waals surface area (Å²) >= 11 is 0. The van der Waals surface area contributed by atoms with Crippen LogP contribution in [0.2, 0.25) is 0 Å². The van der Waals surface area contributed by atoms with Crippen LogP contribution < -0.4 is 11.1 Å². The number of nitrogens with one attached hydrogen (secondary N) is 1. The fourth-order valence-electron chi connectivity index (χ4n) is 6.44. The Morgan fingerprint density at radius 1 is 1.12 bits per heavy atom. The summed E-state index contributed by atoms with van der Waals surface area (Å²) in [5.41, 5.74) is 6.26. The highest BCUT2D eigenvalue weighted by molar-refractivity contribution is 5.75. The average Bonchev–Trinajstić information content (AvgIpc) is 3.64. The summed E-state index contributed by atoms with van der Waals surface area (Å²) < 4.78 is 58.5. The molecule has 2 saturated heterocycles. The minimum Gasteiger partial charge on any atom is -0.444 e. The third-order valence-electron chi connectivity index (χ3n) is 8.95. The molecule has 0 radical (unpaired) electrons. The van der Waals surface area contributed by atoms with Gasteiger partial charge in [0.25, 0.3) is 0 Å². The zero-order valence-electron chi connectivity index (χ0n) is 28.6. The van der Waals surface area contributed by atoms with Gasteiger partial charge in [-0.2, -0.15) is 0 Å². The first-order chi connectivity index (χ1) is 23.3. The molecule has 3 aromatic rings. The van der Waals surface area contributed by atoms with Crippen LogP contribution in [0.15, 0.2) is 54.7 Å². The summed E-state index contributed by atoms with van der Waals surface area (Å²) in [6, 6.07) is 11.2. The maximum atomic E-state index is 15.8. The van der Waals surface area contributed by atoms with Crippen molar-refractivity contribution in [2.24, 2.45) is 17.6 Å². The predicted octanol–water partition coefficient (Wildman–Crippen LogP) is 5.91. The number of likely N-dealkylation sites (tertiary alicyclic amines) is 1. The molecule has 3 N–H and O–H groups in total. The van der Waals surface area contributed by atoms with Crippen LogP contribution in [0.4, 0.5) is 22.8 Å². The Morgan fingerprint density at radius 2 is 1.84 bits per heavy atom. The normalized spacial score (nSPS) is 19.8. The smallest absolute Gasteiger partial charge is 0.410 e. The molecule has 1 aromatic heterocycles. The van der Waals surface area contributed by atoms with E-state index in [-0.39, 0.29) is 43.4 Å². The second kappa shape index (κ2) is 15.6. The lowest BCUT2D eigenvalue weighted by molar-refractivity contribution is 0.0236. The van der Waals surface area contributed by atoms with Crippen LogP contribution >= 0.6 is 0 Å². The van der Waals surface area contributed by atoms with Crippen LogP contribution in [-0.4, -0.2) is 88.7 Å². The first kappa shape index (κ1) is 36.2. The highest BCUT2D eigenvalue weighted by atomic mass is 19.1. The zero-order valence-corrected chi connectivity index (χ0v) is 28.6. The van der Waals surface area contributed by atoms with E-state index in [4.69, 9.17) is 20.2 Å². The molecule has 2 aromatic carbocycles. The lowest BCUT2D eigenvalue weighted by atomic mass is 9.89. The Bertz CT molecular complexity index is 1580. The van der Waals surface area contributed by atoms with Gasteiger partial charge in [-0.25, -0.2) is 27.7 Å². The van der Waals surface area contributed by atoms with Gasteiger partial charge in [0, 0.05) is 63.1 Å². The third kappa shape index (κ3) is 9.13. The number of ether oxygens (including phenoxy) is 2. The highest BCUT2D eigenvalue weighted by Crippen LogP contribution is 2.38. The first-order valence-corrected chi connectivity index (χ1v) is 16.9. The zero-order chi connectivity index (χ0) is 35.3. The Balaban J connectivity index is 1.60. The molecule has 0 aliphatic carbocycles. The van der Waals surface area contributed by atoms with E-state index in [0.29, 0.717) is 38.4 Å². The molecule has 266 valence electrons. The van der Waals surface area contributed by atoms with Gasteiger partial charge < -0.3 is 34.9 Å². The topological polar surface area (TPSA) is 115 Å². The van der Waals surface area contributed by atoms with Crippen molar-refractivity contribution in [2.75, 3.05) is 39.4 Å². The van der Waals surface area contributed by atoms with Gasteiger partial charge in [-0.1, -0.05) is 30.3 Å². The second-order valence-corrected chi connectivity index (χ2v) is 14.0. The molecule has 2 fully saturated rings. The van der Waals surface area contributed by atoms with Crippen molar-refractivity contribution in [3.63, 3.8) is 0 Å². The van der Waals surface area contributed by atoms with Crippen molar-refractivity contribution < 1.29 is 32.2 Å². The van der Waals surface area contributed by atoms with E-state index in [9.17, 15) is 14.0 Å². The fourth-order valence-corrected chi connectivity index (χ4v) is 6.44. The molecule has 3 amide bonds. The lowest BCUT2D eigenvalue weighted by Gasteiger charge is -2.40. The maximum absolute atomic E-state index is 15.8. The van der Waals surface area contributed by atoms with Gasteiger partial charge in [0.15, 0.2) is 0 Å². The number of nitrogens with two attached hydrogens (primary N) is 1. The summed E-state index contributed by atoms with van der Waals surface area (Å²) in [5, 5.41) is 2.95. The van der Waals surface area contributed by atoms with Crippen molar-refractivity contribution in [1.82, 2.24) is 24.7 Å². The molecular formula is C36H47F3N6O4. The van der Waals surface area contributed by atoms with Gasteiger partial charge in [-0.3, -0.25) is 0 Å². The monoisotopic (exact) mass is 684 g/mol. The van der Waals surface area contributed by atoms with Gasteiger partial charge in [0.1, 0.15) is 29.2 Å². The fraction of sp³-hybridized carbons (Fsp3) is 0.528. The Morgan fingerprint density at radius 3 is 2.51 bits per heavy atom. The van der Waals surface area contributed by atoms with Crippen molar-refractivity contribution in [1.29, 1.82) is 0 Å². The molecule has 0 unspecified atom stereocenters. The number of nitrogens with zero attached hydrogens (tertiary/aromatic N) is 4. The number of hydrogen-bond acceptors (Lipinski definition) is 6. The summed E-state index contributed by atoms with van der Waals surface area (Å²) in [6.07, 6.45) is 0.785. The summed E-state index contributed by atoms with van der Waals surface area (Å²) in [7, 11) is 0. The van der Waals surface area contributed by atoms with E-state index in [1.54, 1.807) is 38.8 Å². The SMILES string of the molecule is C[C@@H](CN)NC(=O)N(C[C@@H]1CN(C(=O)OC(C)(C)C)C[C@@H]1F)[C@@H](c1nc(-c2cc(F)ccc2F)cn1Cc1ccccc1)C1CCOCC1. The van der Waals surface area contributed by atoms with Crippen LogP contribution in [0.3, 0.4) is 0 Å². The number of carbonyl (C=O) groups excluding carboxylic acids is 2. The molecule has 2 aliphatic heterocycles. The largest absolute Gasteiger partial charge is 0.444 e. The van der Waals surface area contributed by atoms with Crippen molar-refractivity contribution in [3.05, 3.63) is 77.8 Å². The van der Waals surface area contributed by atoms with Crippen LogP contribution in [0, 0.1) is 23.5 Å². The molecule has 3 heterocycles. The Hall–Kier alpha value is -4.10. The van der Waals surface area contributed by atoms with E-state index < -0.39 is 53.5 Å². The molecule has 10 nitrogen and oxygen atoms in total. The van der Waals surface area contributed by atoms with E-state index in [0.717, 1.165) is 23.8 Å². The number of imidazole rings is 1. The minimum atomic E-state index is -1.42. The minimum absolute atomic E-state index is 0.0147. The van der Waals surface area contributed by atoms with Gasteiger partial charge >= 0.3 is 12.1 Å². The molecule has 4 atom stereocenters. The second-order valence-electron chi connectivity index (χ2n) is 14.0. The quantitative estimate of drug-likeness (QED) is 0.275.